The predicted octanol–water partition coefficient (Wildman–Crippen LogP) is 2.59. The molecule has 0 radical (unpaired) electrons. The number of phenolic OH excluding ortho intramolecular Hbond substituents is 1. The molecule has 10 nitrogen and oxygen atoms in total. The number of fused-ring (bicyclic) bond motifs is 1. The average Bonchev–Trinajstić information content (AvgIpc) is 2.80. The van der Waals surface area contributed by atoms with Gasteiger partial charge >= 0.3 is 12.1 Å². The smallest absolute Gasteiger partial charge is 0.407 e. The van der Waals surface area contributed by atoms with E-state index in [0.717, 1.165) is 0 Å². The van der Waals surface area contributed by atoms with Crippen molar-refractivity contribution in [3.8, 4) is 5.75 Å². The minimum atomic E-state index is -1.05. The molecule has 1 fully saturated rings. The van der Waals surface area contributed by atoms with E-state index < -0.39 is 35.5 Å². The van der Waals surface area contributed by atoms with Gasteiger partial charge in [0.25, 0.3) is 5.91 Å². The number of esters is 1. The Balaban J connectivity index is 1.76. The van der Waals surface area contributed by atoms with Crippen LogP contribution in [0.4, 0.5) is 4.79 Å². The Bertz CT molecular complexity index is 1120. The molecule has 3 amide bonds. The SMILES string of the molecule is CC(C)(C)OC(=O)CC[C@H](NC(=O)c1cc(O)c2ccccc2c1)C(=O)N1CCN(C(=O)O)CC1. The molecule has 0 spiro atoms. The number of nitrogens with zero attached hydrogens (tertiary/aromatic N) is 2. The summed E-state index contributed by atoms with van der Waals surface area (Å²) in [7, 11) is 0. The molecule has 35 heavy (non-hydrogen) atoms. The summed E-state index contributed by atoms with van der Waals surface area (Å²) in [6.07, 6.45) is -1.13. The van der Waals surface area contributed by atoms with Gasteiger partial charge in [0, 0.05) is 43.5 Å². The molecule has 0 bridgehead atoms. The van der Waals surface area contributed by atoms with Gasteiger partial charge in [-0.2, -0.15) is 0 Å². The molecule has 2 aromatic rings. The Hall–Kier alpha value is -3.82. The number of phenols is 1. The summed E-state index contributed by atoms with van der Waals surface area (Å²) in [5, 5.41) is 23.4. The first-order valence-electron chi connectivity index (χ1n) is 11.5. The molecule has 0 unspecified atom stereocenters. The third-order valence-corrected chi connectivity index (χ3v) is 5.62. The number of aromatic hydroxyl groups is 1. The number of carbonyl (C=O) groups is 4. The van der Waals surface area contributed by atoms with E-state index in [1.807, 2.05) is 0 Å². The second kappa shape index (κ2) is 10.6. The molecule has 0 saturated carbocycles. The number of carbonyl (C=O) groups excluding carboxylic acids is 3. The zero-order valence-electron chi connectivity index (χ0n) is 20.1. The Morgan fingerprint density at radius 3 is 2.29 bits per heavy atom. The maximum Gasteiger partial charge on any atom is 0.407 e. The van der Waals surface area contributed by atoms with Crippen molar-refractivity contribution in [3.05, 3.63) is 42.0 Å². The number of rotatable bonds is 6. The zero-order valence-corrected chi connectivity index (χ0v) is 20.1. The molecular weight excluding hydrogens is 454 g/mol. The highest BCUT2D eigenvalue weighted by Crippen LogP contribution is 2.26. The highest BCUT2D eigenvalue weighted by molar-refractivity contribution is 6.02. The molecule has 3 rings (SSSR count). The molecule has 1 saturated heterocycles. The van der Waals surface area contributed by atoms with Gasteiger partial charge < -0.3 is 30.1 Å². The van der Waals surface area contributed by atoms with Crippen molar-refractivity contribution in [3.63, 3.8) is 0 Å². The minimum Gasteiger partial charge on any atom is -0.507 e. The van der Waals surface area contributed by atoms with Gasteiger partial charge in [0.05, 0.1) is 0 Å². The first-order chi connectivity index (χ1) is 16.4. The van der Waals surface area contributed by atoms with Gasteiger partial charge in [0.15, 0.2) is 0 Å². The van der Waals surface area contributed by atoms with E-state index in [1.54, 1.807) is 51.1 Å². The summed E-state index contributed by atoms with van der Waals surface area (Å²) in [5.41, 5.74) is -0.512. The van der Waals surface area contributed by atoms with Crippen molar-refractivity contribution >= 4 is 34.6 Å². The largest absolute Gasteiger partial charge is 0.507 e. The third kappa shape index (κ3) is 6.84. The molecule has 1 atom stereocenters. The highest BCUT2D eigenvalue weighted by atomic mass is 16.6. The van der Waals surface area contributed by atoms with Crippen LogP contribution >= 0.6 is 0 Å². The van der Waals surface area contributed by atoms with Gasteiger partial charge in [-0.3, -0.25) is 14.4 Å². The molecule has 3 N–H and O–H groups in total. The summed E-state index contributed by atoms with van der Waals surface area (Å²) in [4.78, 5) is 52.5. The van der Waals surface area contributed by atoms with E-state index in [0.29, 0.717) is 10.8 Å². The second-order valence-corrected chi connectivity index (χ2v) is 9.46. The van der Waals surface area contributed by atoms with Crippen LogP contribution in [0, 0.1) is 0 Å². The van der Waals surface area contributed by atoms with Crippen LogP contribution in [-0.2, 0) is 14.3 Å². The van der Waals surface area contributed by atoms with E-state index >= 15 is 0 Å². The maximum atomic E-state index is 13.3. The van der Waals surface area contributed by atoms with Crippen molar-refractivity contribution in [2.75, 3.05) is 26.2 Å². The van der Waals surface area contributed by atoms with Crippen LogP contribution in [0.5, 0.6) is 5.75 Å². The molecule has 10 heteroatoms. The van der Waals surface area contributed by atoms with Crippen LogP contribution in [0.2, 0.25) is 0 Å². The zero-order chi connectivity index (χ0) is 25.8. The quantitative estimate of drug-likeness (QED) is 0.535. The molecule has 2 aromatic carbocycles. The van der Waals surface area contributed by atoms with Crippen LogP contribution in [0.25, 0.3) is 10.8 Å². The number of ether oxygens (including phenoxy) is 1. The number of carboxylic acid groups (broad SMARTS) is 1. The lowest BCUT2D eigenvalue weighted by atomic mass is 10.0. The summed E-state index contributed by atoms with van der Waals surface area (Å²) >= 11 is 0. The lowest BCUT2D eigenvalue weighted by Gasteiger charge is -2.35. The van der Waals surface area contributed by atoms with Crippen molar-refractivity contribution in [2.45, 2.75) is 45.3 Å². The van der Waals surface area contributed by atoms with Gasteiger partial charge in [-0.25, -0.2) is 4.79 Å². The van der Waals surface area contributed by atoms with Gasteiger partial charge in [-0.15, -0.1) is 0 Å². The van der Waals surface area contributed by atoms with Crippen molar-refractivity contribution in [1.29, 1.82) is 0 Å². The second-order valence-electron chi connectivity index (χ2n) is 9.46. The molecule has 188 valence electrons. The number of hydrogen-bond acceptors (Lipinski definition) is 6. The average molecular weight is 486 g/mol. The number of benzene rings is 2. The summed E-state index contributed by atoms with van der Waals surface area (Å²) in [6, 6.07) is 8.98. The van der Waals surface area contributed by atoms with Crippen LogP contribution in [-0.4, -0.2) is 81.7 Å². The van der Waals surface area contributed by atoms with Crippen LogP contribution in [0.15, 0.2) is 36.4 Å². The van der Waals surface area contributed by atoms with E-state index in [2.05, 4.69) is 5.32 Å². The third-order valence-electron chi connectivity index (χ3n) is 5.62. The lowest BCUT2D eigenvalue weighted by molar-refractivity contribution is -0.155. The Morgan fingerprint density at radius 1 is 1.03 bits per heavy atom. The maximum absolute atomic E-state index is 13.3. The summed E-state index contributed by atoms with van der Waals surface area (Å²) in [5.74, 6) is -1.53. The van der Waals surface area contributed by atoms with E-state index in [1.165, 1.54) is 15.9 Å². The van der Waals surface area contributed by atoms with Crippen LogP contribution in [0.1, 0.15) is 44.0 Å². The molecule has 0 aromatic heterocycles. The Morgan fingerprint density at radius 2 is 1.66 bits per heavy atom. The number of hydrogen-bond donors (Lipinski definition) is 3. The van der Waals surface area contributed by atoms with E-state index in [9.17, 15) is 24.3 Å². The van der Waals surface area contributed by atoms with Gasteiger partial charge in [0.2, 0.25) is 5.91 Å². The number of amides is 3. The molecular formula is C25H31N3O7. The Kier molecular flexibility index (Phi) is 7.83. The first-order valence-corrected chi connectivity index (χ1v) is 11.5. The normalized spacial score (nSPS) is 14.9. The summed E-state index contributed by atoms with van der Waals surface area (Å²) < 4.78 is 5.33. The molecule has 1 heterocycles. The van der Waals surface area contributed by atoms with Crippen molar-refractivity contribution in [2.24, 2.45) is 0 Å². The van der Waals surface area contributed by atoms with E-state index in [4.69, 9.17) is 9.84 Å². The van der Waals surface area contributed by atoms with Crippen molar-refractivity contribution in [1.82, 2.24) is 15.1 Å². The fourth-order valence-corrected chi connectivity index (χ4v) is 3.91. The topological polar surface area (TPSA) is 136 Å². The van der Waals surface area contributed by atoms with Gasteiger partial charge in [-0.1, -0.05) is 24.3 Å². The molecule has 1 aliphatic rings. The summed E-state index contributed by atoms with van der Waals surface area (Å²) in [6.45, 7) is 5.90. The van der Waals surface area contributed by atoms with Crippen molar-refractivity contribution < 1.29 is 34.1 Å². The van der Waals surface area contributed by atoms with Gasteiger partial charge in [-0.05, 0) is 44.7 Å². The lowest BCUT2D eigenvalue weighted by Crippen LogP contribution is -2.55. The van der Waals surface area contributed by atoms with E-state index in [-0.39, 0.29) is 50.3 Å². The standard InChI is InChI=1S/C25H31N3O7/c1-25(2,3)35-21(30)9-8-19(23(32)27-10-12-28(13-11-27)24(33)34)26-22(31)17-14-16-6-4-5-7-18(16)20(29)15-17/h4-7,14-15,19,29H,8-13H2,1-3H3,(H,26,31)(H,33,34)/t19-/m0/s1. The number of piperazine rings is 1. The monoisotopic (exact) mass is 485 g/mol. The van der Waals surface area contributed by atoms with Crippen LogP contribution in [0.3, 0.4) is 0 Å². The Labute approximate surface area is 203 Å². The minimum absolute atomic E-state index is 0.0121. The fourth-order valence-electron chi connectivity index (χ4n) is 3.91. The molecule has 1 aliphatic heterocycles. The fraction of sp³-hybridized carbons (Fsp3) is 0.440. The van der Waals surface area contributed by atoms with Crippen LogP contribution < -0.4 is 5.32 Å². The number of nitrogens with one attached hydrogen (secondary N) is 1. The van der Waals surface area contributed by atoms with Gasteiger partial charge in [0.1, 0.15) is 17.4 Å². The predicted molar refractivity (Wildman–Crippen MR) is 128 cm³/mol. The highest BCUT2D eigenvalue weighted by Gasteiger charge is 2.31. The molecule has 0 aliphatic carbocycles. The first kappa shape index (κ1) is 25.8.